The van der Waals surface area contributed by atoms with Crippen LogP contribution in [-0.4, -0.2) is 31.5 Å². The standard InChI is InChI=1S/C17H17N3O5S/c1-12-6-7-14(19-8-3-9-26(19,24)25)11-16(12)18-17(21)13-4-2-5-15(10-13)20(22)23/h2,4-7,10-11H,3,8-9H2,1H3,(H,18,21). The van der Waals surface area contributed by atoms with Crippen molar-refractivity contribution in [1.82, 2.24) is 0 Å². The molecule has 8 nitrogen and oxygen atoms in total. The van der Waals surface area contributed by atoms with Crippen molar-refractivity contribution in [1.29, 1.82) is 0 Å². The van der Waals surface area contributed by atoms with Crippen molar-refractivity contribution in [3.8, 4) is 0 Å². The first kappa shape index (κ1) is 17.9. The molecule has 1 aliphatic rings. The third-order valence-electron chi connectivity index (χ3n) is 4.18. The first-order valence-corrected chi connectivity index (χ1v) is 9.56. The van der Waals surface area contributed by atoms with Gasteiger partial charge in [0.2, 0.25) is 10.0 Å². The van der Waals surface area contributed by atoms with Gasteiger partial charge in [-0.15, -0.1) is 0 Å². The summed E-state index contributed by atoms with van der Waals surface area (Å²) in [5.41, 5.74) is 1.68. The lowest BCUT2D eigenvalue weighted by molar-refractivity contribution is -0.384. The zero-order valence-corrected chi connectivity index (χ0v) is 14.8. The molecule has 0 spiro atoms. The van der Waals surface area contributed by atoms with Gasteiger partial charge < -0.3 is 5.32 Å². The van der Waals surface area contributed by atoms with Gasteiger partial charge in [0.05, 0.1) is 16.4 Å². The minimum atomic E-state index is -3.32. The summed E-state index contributed by atoms with van der Waals surface area (Å²) in [6.45, 7) is 2.19. The largest absolute Gasteiger partial charge is 0.322 e. The number of carbonyl (C=O) groups excluding carboxylic acids is 1. The summed E-state index contributed by atoms with van der Waals surface area (Å²) in [5.74, 6) is -0.394. The first-order chi connectivity index (χ1) is 12.3. The Morgan fingerprint density at radius 1 is 1.23 bits per heavy atom. The van der Waals surface area contributed by atoms with Crippen LogP contribution in [0.5, 0.6) is 0 Å². The van der Waals surface area contributed by atoms with E-state index in [4.69, 9.17) is 0 Å². The van der Waals surface area contributed by atoms with Crippen LogP contribution in [0.15, 0.2) is 42.5 Å². The van der Waals surface area contributed by atoms with Crippen LogP contribution in [0.25, 0.3) is 0 Å². The zero-order chi connectivity index (χ0) is 18.9. The van der Waals surface area contributed by atoms with Gasteiger partial charge in [-0.3, -0.25) is 19.2 Å². The van der Waals surface area contributed by atoms with Gasteiger partial charge in [-0.05, 0) is 37.1 Å². The number of anilines is 2. The highest BCUT2D eigenvalue weighted by Crippen LogP contribution is 2.29. The summed E-state index contributed by atoms with van der Waals surface area (Å²) in [4.78, 5) is 22.7. The van der Waals surface area contributed by atoms with Crippen LogP contribution in [0.4, 0.5) is 17.1 Å². The van der Waals surface area contributed by atoms with Crippen molar-refractivity contribution >= 4 is 33.0 Å². The molecule has 1 amide bonds. The number of amides is 1. The number of hydrogen-bond acceptors (Lipinski definition) is 5. The normalized spacial score (nSPS) is 15.7. The van der Waals surface area contributed by atoms with E-state index >= 15 is 0 Å². The smallest absolute Gasteiger partial charge is 0.270 e. The number of carbonyl (C=O) groups is 1. The number of aryl methyl sites for hydroxylation is 1. The maximum atomic E-state index is 12.4. The van der Waals surface area contributed by atoms with Crippen LogP contribution in [0.2, 0.25) is 0 Å². The van der Waals surface area contributed by atoms with Crippen LogP contribution in [0.1, 0.15) is 22.3 Å². The molecule has 2 aromatic rings. The molecular formula is C17H17N3O5S. The lowest BCUT2D eigenvalue weighted by Crippen LogP contribution is -2.25. The molecule has 26 heavy (non-hydrogen) atoms. The molecule has 3 rings (SSSR count). The molecule has 0 aliphatic carbocycles. The van der Waals surface area contributed by atoms with Gasteiger partial charge in [-0.2, -0.15) is 0 Å². The average Bonchev–Trinajstić information content (AvgIpc) is 2.96. The quantitative estimate of drug-likeness (QED) is 0.653. The molecule has 1 heterocycles. The first-order valence-electron chi connectivity index (χ1n) is 7.95. The van der Waals surface area contributed by atoms with Gasteiger partial charge in [0.25, 0.3) is 11.6 Å². The highest BCUT2D eigenvalue weighted by atomic mass is 32.2. The number of nitrogens with zero attached hydrogens (tertiary/aromatic N) is 2. The number of nitrogens with one attached hydrogen (secondary N) is 1. The fraction of sp³-hybridized carbons (Fsp3) is 0.235. The Morgan fingerprint density at radius 2 is 2.00 bits per heavy atom. The third-order valence-corrected chi connectivity index (χ3v) is 6.05. The maximum Gasteiger partial charge on any atom is 0.270 e. The topological polar surface area (TPSA) is 110 Å². The fourth-order valence-electron chi connectivity index (χ4n) is 2.78. The van der Waals surface area contributed by atoms with Crippen molar-refractivity contribution in [3.05, 3.63) is 63.7 Å². The molecule has 0 radical (unpaired) electrons. The second kappa shape index (κ2) is 6.75. The number of benzene rings is 2. The summed E-state index contributed by atoms with van der Waals surface area (Å²) < 4.78 is 25.5. The number of non-ortho nitro benzene ring substituents is 1. The number of nitro benzene ring substituents is 1. The Bertz CT molecular complexity index is 988. The fourth-order valence-corrected chi connectivity index (χ4v) is 4.34. The Morgan fingerprint density at radius 3 is 2.65 bits per heavy atom. The lowest BCUT2D eigenvalue weighted by Gasteiger charge is -2.19. The highest BCUT2D eigenvalue weighted by Gasteiger charge is 2.28. The molecule has 136 valence electrons. The Hall–Kier alpha value is -2.94. The van der Waals surface area contributed by atoms with Gasteiger partial charge in [0.1, 0.15) is 0 Å². The SMILES string of the molecule is Cc1ccc(N2CCCS2(=O)=O)cc1NC(=O)c1cccc([N+](=O)[O-])c1. The van der Waals surface area contributed by atoms with Crippen molar-refractivity contribution in [3.63, 3.8) is 0 Å². The number of rotatable bonds is 4. The Kier molecular flexibility index (Phi) is 4.64. The lowest BCUT2D eigenvalue weighted by atomic mass is 10.1. The van der Waals surface area contributed by atoms with Crippen molar-refractivity contribution in [2.45, 2.75) is 13.3 Å². The van der Waals surface area contributed by atoms with E-state index in [2.05, 4.69) is 5.32 Å². The molecule has 0 aromatic heterocycles. The molecular weight excluding hydrogens is 358 g/mol. The molecule has 0 bridgehead atoms. The average molecular weight is 375 g/mol. The minimum Gasteiger partial charge on any atom is -0.322 e. The van der Waals surface area contributed by atoms with Gasteiger partial charge in [-0.1, -0.05) is 12.1 Å². The van der Waals surface area contributed by atoms with E-state index in [9.17, 15) is 23.3 Å². The molecule has 0 atom stereocenters. The van der Waals surface area contributed by atoms with Gasteiger partial charge >= 0.3 is 0 Å². The molecule has 1 aliphatic heterocycles. The van der Waals surface area contributed by atoms with E-state index in [1.54, 1.807) is 25.1 Å². The van der Waals surface area contributed by atoms with Gasteiger partial charge in [0.15, 0.2) is 0 Å². The summed E-state index contributed by atoms with van der Waals surface area (Å²) >= 11 is 0. The number of sulfonamides is 1. The van der Waals surface area contributed by atoms with Crippen molar-refractivity contribution in [2.75, 3.05) is 21.9 Å². The number of nitro groups is 1. The molecule has 1 saturated heterocycles. The summed E-state index contributed by atoms with van der Waals surface area (Å²) in [5, 5.41) is 13.6. The van der Waals surface area contributed by atoms with E-state index < -0.39 is 20.9 Å². The maximum absolute atomic E-state index is 12.4. The minimum absolute atomic E-state index is 0.107. The van der Waals surface area contributed by atoms with Gasteiger partial charge in [-0.25, -0.2) is 8.42 Å². The van der Waals surface area contributed by atoms with E-state index in [-0.39, 0.29) is 17.0 Å². The van der Waals surface area contributed by atoms with Crippen LogP contribution in [-0.2, 0) is 10.0 Å². The summed E-state index contributed by atoms with van der Waals surface area (Å²) in [7, 11) is -3.32. The van der Waals surface area contributed by atoms with E-state index in [1.807, 2.05) is 0 Å². The zero-order valence-electron chi connectivity index (χ0n) is 14.0. The number of hydrogen-bond donors (Lipinski definition) is 1. The molecule has 0 saturated carbocycles. The third kappa shape index (κ3) is 3.52. The molecule has 0 unspecified atom stereocenters. The highest BCUT2D eigenvalue weighted by molar-refractivity contribution is 7.93. The van der Waals surface area contributed by atoms with Crippen molar-refractivity contribution < 1.29 is 18.1 Å². The van der Waals surface area contributed by atoms with E-state index in [1.165, 1.54) is 28.6 Å². The molecule has 1 fully saturated rings. The molecule has 9 heteroatoms. The monoisotopic (exact) mass is 375 g/mol. The predicted molar refractivity (Wildman–Crippen MR) is 98.0 cm³/mol. The Balaban J connectivity index is 1.88. The van der Waals surface area contributed by atoms with Crippen LogP contribution in [0, 0.1) is 17.0 Å². The van der Waals surface area contributed by atoms with Crippen LogP contribution < -0.4 is 9.62 Å². The second-order valence-corrected chi connectivity index (χ2v) is 8.02. The van der Waals surface area contributed by atoms with Crippen molar-refractivity contribution in [2.24, 2.45) is 0 Å². The van der Waals surface area contributed by atoms with E-state index in [0.717, 1.165) is 5.56 Å². The van der Waals surface area contributed by atoms with E-state index in [0.29, 0.717) is 24.3 Å². The summed E-state index contributed by atoms with van der Waals surface area (Å²) in [6.07, 6.45) is 0.561. The van der Waals surface area contributed by atoms with Crippen LogP contribution in [0.3, 0.4) is 0 Å². The van der Waals surface area contributed by atoms with Crippen LogP contribution >= 0.6 is 0 Å². The summed E-state index contributed by atoms with van der Waals surface area (Å²) in [6, 6.07) is 10.4. The predicted octanol–water partition coefficient (Wildman–Crippen LogP) is 2.70. The molecule has 1 N–H and O–H groups in total. The Labute approximate surface area is 150 Å². The van der Waals surface area contributed by atoms with Gasteiger partial charge in [0, 0.05) is 29.9 Å². The molecule has 2 aromatic carbocycles. The second-order valence-electron chi connectivity index (χ2n) is 6.00.